The highest BCUT2D eigenvalue weighted by Crippen LogP contribution is 2.21. The molecule has 1 atom stereocenters. The highest BCUT2D eigenvalue weighted by Gasteiger charge is 2.08. The molecule has 1 aromatic carbocycles. The number of aromatic nitrogens is 3. The largest absolute Gasteiger partial charge is 0.368 e. The molecule has 7 nitrogen and oxygen atoms in total. The number of carbonyl (C=O) groups is 1. The Hall–Kier alpha value is -2.35. The molecule has 0 aliphatic heterocycles. The van der Waals surface area contributed by atoms with Crippen LogP contribution in [0.2, 0.25) is 0 Å². The first-order valence-electron chi connectivity index (χ1n) is 7.27. The maximum Gasteiger partial charge on any atom is 0.234 e. The van der Waals surface area contributed by atoms with Crippen LogP contribution in [0.25, 0.3) is 0 Å². The van der Waals surface area contributed by atoms with E-state index in [1.165, 1.54) is 5.56 Å². The minimum atomic E-state index is -0.149. The van der Waals surface area contributed by atoms with Crippen LogP contribution in [0, 0.1) is 0 Å². The lowest BCUT2D eigenvalue weighted by atomic mass is 9.99. The second kappa shape index (κ2) is 7.77. The normalized spacial score (nSPS) is 11.9. The molecule has 5 N–H and O–H groups in total. The highest BCUT2D eigenvalue weighted by molar-refractivity contribution is 7.99. The molecule has 0 radical (unpaired) electrons. The van der Waals surface area contributed by atoms with Crippen LogP contribution in [0.3, 0.4) is 0 Å². The number of hydrogen-bond donors (Lipinski definition) is 3. The molecule has 0 unspecified atom stereocenters. The molecular formula is C15H20N6OS. The lowest BCUT2D eigenvalue weighted by Gasteiger charge is -2.10. The van der Waals surface area contributed by atoms with Crippen molar-refractivity contribution in [2.45, 2.75) is 31.3 Å². The fraction of sp³-hybridized carbons (Fsp3) is 0.333. The van der Waals surface area contributed by atoms with E-state index in [1.54, 1.807) is 0 Å². The van der Waals surface area contributed by atoms with Crippen LogP contribution in [0.1, 0.15) is 31.7 Å². The molecule has 0 aliphatic rings. The molecule has 8 heteroatoms. The predicted molar refractivity (Wildman–Crippen MR) is 93.2 cm³/mol. The van der Waals surface area contributed by atoms with Gasteiger partial charge in [0.05, 0.1) is 5.75 Å². The Morgan fingerprint density at radius 1 is 1.17 bits per heavy atom. The molecule has 0 fully saturated rings. The van der Waals surface area contributed by atoms with E-state index in [9.17, 15) is 4.79 Å². The van der Waals surface area contributed by atoms with Crippen molar-refractivity contribution in [3.63, 3.8) is 0 Å². The molecule has 1 heterocycles. The summed E-state index contributed by atoms with van der Waals surface area (Å²) >= 11 is 1.15. The molecule has 1 amide bonds. The van der Waals surface area contributed by atoms with Gasteiger partial charge < -0.3 is 16.8 Å². The fourth-order valence-electron chi connectivity index (χ4n) is 1.91. The Bertz CT molecular complexity index is 656. The molecule has 0 bridgehead atoms. The standard InChI is InChI=1S/C15H20N6OS/c1-3-9(2)10-4-6-11(7-5-10)18-12(22)8-23-15-20-13(16)19-14(17)21-15/h4-7,9H,3,8H2,1-2H3,(H,18,22)(H4,16,17,19,20,21)/t9-/m0/s1. The predicted octanol–water partition coefficient (Wildman–Crippen LogP) is 2.28. The van der Waals surface area contributed by atoms with Crippen molar-refractivity contribution in [2.24, 2.45) is 0 Å². The third-order valence-electron chi connectivity index (χ3n) is 3.36. The third kappa shape index (κ3) is 5.10. The molecule has 1 aromatic heterocycles. The van der Waals surface area contributed by atoms with Crippen molar-refractivity contribution >= 4 is 35.3 Å². The molecule has 23 heavy (non-hydrogen) atoms. The molecule has 122 valence electrons. The lowest BCUT2D eigenvalue weighted by Crippen LogP contribution is -2.14. The first-order chi connectivity index (χ1) is 11.0. The number of thioether (sulfide) groups is 1. The van der Waals surface area contributed by atoms with Crippen molar-refractivity contribution in [2.75, 3.05) is 22.5 Å². The smallest absolute Gasteiger partial charge is 0.234 e. The van der Waals surface area contributed by atoms with Crippen LogP contribution < -0.4 is 16.8 Å². The zero-order valence-electron chi connectivity index (χ0n) is 13.1. The molecule has 0 aliphatic carbocycles. The molecule has 0 saturated heterocycles. The van der Waals surface area contributed by atoms with Crippen molar-refractivity contribution in [3.8, 4) is 0 Å². The summed E-state index contributed by atoms with van der Waals surface area (Å²) < 4.78 is 0. The summed E-state index contributed by atoms with van der Waals surface area (Å²) in [4.78, 5) is 23.5. The lowest BCUT2D eigenvalue weighted by molar-refractivity contribution is -0.113. The number of anilines is 3. The summed E-state index contributed by atoms with van der Waals surface area (Å²) in [5.41, 5.74) is 13.0. The van der Waals surface area contributed by atoms with Gasteiger partial charge in [-0.05, 0) is 30.0 Å². The maximum absolute atomic E-state index is 12.0. The first-order valence-corrected chi connectivity index (χ1v) is 8.26. The zero-order chi connectivity index (χ0) is 16.8. The highest BCUT2D eigenvalue weighted by atomic mass is 32.2. The summed E-state index contributed by atoms with van der Waals surface area (Å²) in [6, 6.07) is 7.88. The van der Waals surface area contributed by atoms with Crippen LogP contribution in [-0.4, -0.2) is 26.6 Å². The number of carbonyl (C=O) groups excluding carboxylic acids is 1. The van der Waals surface area contributed by atoms with Crippen molar-refractivity contribution in [1.82, 2.24) is 15.0 Å². The SMILES string of the molecule is CC[C@H](C)c1ccc(NC(=O)CSc2nc(N)nc(N)n2)cc1. The first kappa shape index (κ1) is 17.0. The van der Waals surface area contributed by atoms with E-state index in [0.29, 0.717) is 11.1 Å². The molecule has 0 saturated carbocycles. The number of rotatable bonds is 6. The van der Waals surface area contributed by atoms with Gasteiger partial charge in [-0.15, -0.1) is 0 Å². The average molecular weight is 332 g/mol. The Kier molecular flexibility index (Phi) is 5.75. The Morgan fingerprint density at radius 2 is 1.78 bits per heavy atom. The van der Waals surface area contributed by atoms with Gasteiger partial charge in [0.1, 0.15) is 0 Å². The van der Waals surface area contributed by atoms with Gasteiger partial charge >= 0.3 is 0 Å². The van der Waals surface area contributed by atoms with Gasteiger partial charge in [0, 0.05) is 5.69 Å². The number of hydrogen-bond acceptors (Lipinski definition) is 7. The minimum absolute atomic E-state index is 0.0426. The quantitative estimate of drug-likeness (QED) is 0.694. The van der Waals surface area contributed by atoms with Crippen LogP contribution >= 0.6 is 11.8 Å². The summed E-state index contributed by atoms with van der Waals surface area (Å²) in [6.45, 7) is 4.33. The van der Waals surface area contributed by atoms with E-state index in [4.69, 9.17) is 11.5 Å². The minimum Gasteiger partial charge on any atom is -0.368 e. The van der Waals surface area contributed by atoms with Gasteiger partial charge in [-0.1, -0.05) is 37.7 Å². The Labute approximate surface area is 139 Å². The number of benzene rings is 1. The monoisotopic (exact) mass is 332 g/mol. The van der Waals surface area contributed by atoms with Crippen LogP contribution in [0.15, 0.2) is 29.4 Å². The van der Waals surface area contributed by atoms with Gasteiger partial charge in [-0.3, -0.25) is 4.79 Å². The number of amides is 1. The number of nitrogens with one attached hydrogen (secondary N) is 1. The number of nitrogens with two attached hydrogens (primary N) is 2. The van der Waals surface area contributed by atoms with E-state index in [2.05, 4.69) is 34.1 Å². The van der Waals surface area contributed by atoms with E-state index in [0.717, 1.165) is 23.9 Å². The van der Waals surface area contributed by atoms with Crippen LogP contribution in [0.4, 0.5) is 17.6 Å². The van der Waals surface area contributed by atoms with Gasteiger partial charge in [0.2, 0.25) is 17.8 Å². The molecular weight excluding hydrogens is 312 g/mol. The Balaban J connectivity index is 1.89. The van der Waals surface area contributed by atoms with Gasteiger partial charge in [0.15, 0.2) is 5.16 Å². The fourth-order valence-corrected chi connectivity index (χ4v) is 2.56. The van der Waals surface area contributed by atoms with E-state index in [-0.39, 0.29) is 23.6 Å². The number of nitrogens with zero attached hydrogens (tertiary/aromatic N) is 3. The average Bonchev–Trinajstić information content (AvgIpc) is 2.52. The number of nitrogen functional groups attached to an aromatic ring is 2. The summed E-state index contributed by atoms with van der Waals surface area (Å²) in [6.07, 6.45) is 1.08. The van der Waals surface area contributed by atoms with Gasteiger partial charge in [0.25, 0.3) is 0 Å². The maximum atomic E-state index is 12.0. The van der Waals surface area contributed by atoms with E-state index < -0.39 is 0 Å². The molecule has 2 aromatic rings. The summed E-state index contributed by atoms with van der Waals surface area (Å²) in [7, 11) is 0. The van der Waals surface area contributed by atoms with E-state index >= 15 is 0 Å². The van der Waals surface area contributed by atoms with Gasteiger partial charge in [-0.25, -0.2) is 0 Å². The second-order valence-corrected chi connectivity index (χ2v) is 6.05. The topological polar surface area (TPSA) is 120 Å². The summed E-state index contributed by atoms with van der Waals surface area (Å²) in [5, 5.41) is 3.16. The van der Waals surface area contributed by atoms with Crippen molar-refractivity contribution in [3.05, 3.63) is 29.8 Å². The van der Waals surface area contributed by atoms with Crippen molar-refractivity contribution < 1.29 is 4.79 Å². The zero-order valence-corrected chi connectivity index (χ0v) is 13.9. The van der Waals surface area contributed by atoms with E-state index in [1.807, 2.05) is 24.3 Å². The second-order valence-electron chi connectivity index (χ2n) is 5.10. The molecule has 0 spiro atoms. The van der Waals surface area contributed by atoms with Crippen LogP contribution in [0.5, 0.6) is 0 Å². The Morgan fingerprint density at radius 3 is 2.35 bits per heavy atom. The van der Waals surface area contributed by atoms with Gasteiger partial charge in [-0.2, -0.15) is 15.0 Å². The third-order valence-corrected chi connectivity index (χ3v) is 4.20. The summed E-state index contributed by atoms with van der Waals surface area (Å²) in [5.74, 6) is 0.608. The molecule has 2 rings (SSSR count). The van der Waals surface area contributed by atoms with Crippen LogP contribution in [-0.2, 0) is 4.79 Å². The van der Waals surface area contributed by atoms with Crippen molar-refractivity contribution in [1.29, 1.82) is 0 Å².